The molecule has 2 heterocycles. The zero-order valence-electron chi connectivity index (χ0n) is 13.2. The van der Waals surface area contributed by atoms with Crippen LogP contribution in [0.5, 0.6) is 0 Å². The van der Waals surface area contributed by atoms with Crippen LogP contribution in [0.25, 0.3) is 0 Å². The highest BCUT2D eigenvalue weighted by Gasteiger charge is 2.37. The van der Waals surface area contributed by atoms with Crippen molar-refractivity contribution in [1.29, 1.82) is 0 Å². The predicted octanol–water partition coefficient (Wildman–Crippen LogP) is -0.0328. The third-order valence-corrected chi connectivity index (χ3v) is 3.82. The van der Waals surface area contributed by atoms with Gasteiger partial charge in [0.1, 0.15) is 5.56 Å². The van der Waals surface area contributed by atoms with Crippen LogP contribution in [0.2, 0.25) is 0 Å². The first-order chi connectivity index (χ1) is 10.3. The molecule has 2 amide bonds. The number of H-pyrrole nitrogens is 1. The summed E-state index contributed by atoms with van der Waals surface area (Å²) in [5.74, 6) is -0.514. The average Bonchev–Trinajstić information content (AvgIpc) is 2.79. The Hall–Kier alpha value is -2.15. The highest BCUT2D eigenvalue weighted by molar-refractivity contribution is 5.95. The molecule has 1 aromatic heterocycles. The van der Waals surface area contributed by atoms with E-state index in [2.05, 4.69) is 10.3 Å². The van der Waals surface area contributed by atoms with Gasteiger partial charge in [0.15, 0.2) is 0 Å². The number of aromatic nitrogens is 1. The minimum Gasteiger partial charge on any atom is -0.377 e. The second-order valence-electron chi connectivity index (χ2n) is 5.63. The number of methoxy groups -OCH3 is 1. The summed E-state index contributed by atoms with van der Waals surface area (Å²) in [6.45, 7) is 5.60. The maximum Gasteiger partial charge on any atom is 0.261 e. The third kappa shape index (κ3) is 3.19. The monoisotopic (exact) mass is 307 g/mol. The van der Waals surface area contributed by atoms with E-state index in [4.69, 9.17) is 4.74 Å². The molecule has 22 heavy (non-hydrogen) atoms. The Labute approximate surface area is 128 Å². The summed E-state index contributed by atoms with van der Waals surface area (Å²) in [5.41, 5.74) is 1.11. The number of ether oxygens (including phenoxy) is 1. The minimum atomic E-state index is -0.389. The van der Waals surface area contributed by atoms with E-state index in [9.17, 15) is 14.4 Å². The molecule has 0 bridgehead atoms. The van der Waals surface area contributed by atoms with Crippen molar-refractivity contribution in [2.75, 3.05) is 20.2 Å². The summed E-state index contributed by atoms with van der Waals surface area (Å²) in [6.07, 6.45) is -0.280. The number of nitrogens with zero attached hydrogens (tertiary/aromatic N) is 1. The van der Waals surface area contributed by atoms with Gasteiger partial charge in [-0.2, -0.15) is 0 Å². The summed E-state index contributed by atoms with van der Waals surface area (Å²) in [6, 6.07) is 1.50. The molecule has 7 heteroatoms. The van der Waals surface area contributed by atoms with E-state index >= 15 is 0 Å². The van der Waals surface area contributed by atoms with Gasteiger partial charge in [-0.25, -0.2) is 0 Å². The third-order valence-electron chi connectivity index (χ3n) is 3.82. The van der Waals surface area contributed by atoms with Gasteiger partial charge in [-0.1, -0.05) is 0 Å². The minimum absolute atomic E-state index is 0.143. The summed E-state index contributed by atoms with van der Waals surface area (Å²) < 4.78 is 5.33. The Morgan fingerprint density at radius 3 is 2.59 bits per heavy atom. The van der Waals surface area contributed by atoms with Crippen LogP contribution in [-0.2, 0) is 9.53 Å². The largest absolute Gasteiger partial charge is 0.377 e. The van der Waals surface area contributed by atoms with E-state index in [0.29, 0.717) is 24.3 Å². The van der Waals surface area contributed by atoms with Crippen molar-refractivity contribution in [1.82, 2.24) is 15.2 Å². The van der Waals surface area contributed by atoms with Gasteiger partial charge >= 0.3 is 0 Å². The number of hydrogen-bond donors (Lipinski definition) is 2. The van der Waals surface area contributed by atoms with Crippen molar-refractivity contribution in [2.24, 2.45) is 0 Å². The first-order valence-corrected chi connectivity index (χ1v) is 7.13. The summed E-state index contributed by atoms with van der Waals surface area (Å²) in [7, 11) is 1.54. The van der Waals surface area contributed by atoms with E-state index in [0.717, 1.165) is 0 Å². The lowest BCUT2D eigenvalue weighted by Crippen LogP contribution is -2.42. The van der Waals surface area contributed by atoms with Gasteiger partial charge in [0, 0.05) is 32.8 Å². The molecular formula is C15H21N3O4. The highest BCUT2D eigenvalue weighted by atomic mass is 16.5. The molecule has 120 valence electrons. The summed E-state index contributed by atoms with van der Waals surface area (Å²) in [5, 5.41) is 2.77. The second-order valence-corrected chi connectivity index (χ2v) is 5.63. The number of aryl methyl sites for hydroxylation is 2. The molecule has 1 saturated heterocycles. The first-order valence-electron chi connectivity index (χ1n) is 7.13. The van der Waals surface area contributed by atoms with E-state index in [1.807, 2.05) is 0 Å². The smallest absolute Gasteiger partial charge is 0.261 e. The van der Waals surface area contributed by atoms with Crippen LogP contribution in [0.1, 0.15) is 28.5 Å². The number of carbonyl (C=O) groups excluding carboxylic acids is 2. The molecule has 1 fully saturated rings. The quantitative estimate of drug-likeness (QED) is 0.820. The SMILES string of the molecule is CO[C@@H]1CN(C(=O)c2c(C)cc(C)[nH]c2=O)C[C@H]1NC(C)=O. The lowest BCUT2D eigenvalue weighted by molar-refractivity contribution is -0.120. The molecule has 1 aliphatic heterocycles. The molecule has 0 radical (unpaired) electrons. The molecule has 2 atom stereocenters. The number of carbonyl (C=O) groups is 2. The van der Waals surface area contributed by atoms with E-state index in [1.165, 1.54) is 14.0 Å². The van der Waals surface area contributed by atoms with Gasteiger partial charge in [-0.15, -0.1) is 0 Å². The Kier molecular flexibility index (Phi) is 4.65. The molecule has 0 aliphatic carbocycles. The average molecular weight is 307 g/mol. The number of pyridine rings is 1. The molecule has 7 nitrogen and oxygen atoms in total. The number of nitrogens with one attached hydrogen (secondary N) is 2. The molecule has 1 aromatic rings. The highest BCUT2D eigenvalue weighted by Crippen LogP contribution is 2.17. The molecule has 0 unspecified atom stereocenters. The normalized spacial score (nSPS) is 21.0. The summed E-state index contributed by atoms with van der Waals surface area (Å²) in [4.78, 5) is 40.1. The fourth-order valence-electron chi connectivity index (χ4n) is 2.86. The zero-order valence-corrected chi connectivity index (χ0v) is 13.2. The number of hydrogen-bond acceptors (Lipinski definition) is 4. The van der Waals surface area contributed by atoms with Crippen LogP contribution in [0.15, 0.2) is 10.9 Å². The van der Waals surface area contributed by atoms with Gasteiger partial charge in [0.25, 0.3) is 11.5 Å². The van der Waals surface area contributed by atoms with Crippen molar-refractivity contribution < 1.29 is 14.3 Å². The first kappa shape index (κ1) is 16.2. The molecule has 0 aromatic carbocycles. The Balaban J connectivity index is 2.24. The lowest BCUT2D eigenvalue weighted by atomic mass is 10.1. The molecule has 1 aliphatic rings. The lowest BCUT2D eigenvalue weighted by Gasteiger charge is -2.17. The van der Waals surface area contributed by atoms with Gasteiger partial charge in [0.2, 0.25) is 5.91 Å². The number of likely N-dealkylation sites (tertiary alicyclic amines) is 1. The van der Waals surface area contributed by atoms with Gasteiger partial charge in [-0.05, 0) is 25.5 Å². The van der Waals surface area contributed by atoms with E-state index in [-0.39, 0.29) is 35.1 Å². The fourth-order valence-corrected chi connectivity index (χ4v) is 2.86. The number of aromatic amines is 1. The zero-order chi connectivity index (χ0) is 16.4. The second kappa shape index (κ2) is 6.31. The number of amides is 2. The van der Waals surface area contributed by atoms with Crippen LogP contribution in [-0.4, -0.2) is 54.0 Å². The fraction of sp³-hybridized carbons (Fsp3) is 0.533. The van der Waals surface area contributed by atoms with Crippen molar-refractivity contribution in [3.8, 4) is 0 Å². The number of rotatable bonds is 3. The van der Waals surface area contributed by atoms with Crippen LogP contribution < -0.4 is 10.9 Å². The topological polar surface area (TPSA) is 91.5 Å². The Bertz CT molecular complexity index is 653. The van der Waals surface area contributed by atoms with Crippen LogP contribution in [0, 0.1) is 13.8 Å². The van der Waals surface area contributed by atoms with Gasteiger partial charge < -0.3 is 19.9 Å². The molecule has 2 N–H and O–H groups in total. The van der Waals surface area contributed by atoms with Crippen LogP contribution >= 0.6 is 0 Å². The van der Waals surface area contributed by atoms with Crippen molar-refractivity contribution >= 4 is 11.8 Å². The van der Waals surface area contributed by atoms with Crippen LogP contribution in [0.4, 0.5) is 0 Å². The van der Waals surface area contributed by atoms with Crippen molar-refractivity contribution in [3.05, 3.63) is 33.2 Å². The maximum absolute atomic E-state index is 12.6. The van der Waals surface area contributed by atoms with Crippen LogP contribution in [0.3, 0.4) is 0 Å². The predicted molar refractivity (Wildman–Crippen MR) is 80.8 cm³/mol. The van der Waals surface area contributed by atoms with E-state index in [1.54, 1.807) is 24.8 Å². The molecular weight excluding hydrogens is 286 g/mol. The maximum atomic E-state index is 12.6. The van der Waals surface area contributed by atoms with E-state index < -0.39 is 0 Å². The Morgan fingerprint density at radius 1 is 1.36 bits per heavy atom. The molecule has 0 saturated carbocycles. The molecule has 2 rings (SSSR count). The van der Waals surface area contributed by atoms with Gasteiger partial charge in [0.05, 0.1) is 12.1 Å². The van der Waals surface area contributed by atoms with Gasteiger partial charge in [-0.3, -0.25) is 14.4 Å². The standard InChI is InChI=1S/C15H21N3O4/c1-8-5-9(2)16-14(20)13(8)15(21)18-6-11(17-10(3)19)12(7-18)22-4/h5,11-12H,6-7H2,1-4H3,(H,16,20)(H,17,19)/t11-,12-/m1/s1. The Morgan fingerprint density at radius 2 is 2.05 bits per heavy atom. The van der Waals surface area contributed by atoms with Crippen molar-refractivity contribution in [2.45, 2.75) is 32.9 Å². The summed E-state index contributed by atoms with van der Waals surface area (Å²) >= 11 is 0. The van der Waals surface area contributed by atoms with Crippen molar-refractivity contribution in [3.63, 3.8) is 0 Å². The molecule has 0 spiro atoms.